The summed E-state index contributed by atoms with van der Waals surface area (Å²) in [6.45, 7) is 16.9. The Bertz CT molecular complexity index is 1640. The van der Waals surface area contributed by atoms with Gasteiger partial charge < -0.3 is 24.5 Å². The molecular weight excluding hydrogens is 860 g/mol. The third kappa shape index (κ3) is 18.1. The Morgan fingerprint density at radius 2 is 1.54 bits per heavy atom. The highest BCUT2D eigenvalue weighted by molar-refractivity contribution is 7.47. The fourth-order valence-corrected chi connectivity index (χ4v) is 13.6. The second kappa shape index (κ2) is 27.7. The van der Waals surface area contributed by atoms with Gasteiger partial charge in [0.25, 0.3) is 0 Å². The van der Waals surface area contributed by atoms with Gasteiger partial charge in [-0.05, 0) is 116 Å². The Morgan fingerprint density at radius 1 is 0.866 bits per heavy atom. The van der Waals surface area contributed by atoms with Crippen molar-refractivity contribution in [1.29, 1.82) is 0 Å². The summed E-state index contributed by atoms with van der Waals surface area (Å²) in [5.41, 5.74) is 1.98. The SMILES string of the molecule is CCCCCCCCCCCCC/C=C/C(O)C(COP(=O)(O)OCC[N+](C)(C)C)NC(=O)CCC(=O)O[C@H]1CC[C@@]2(C)C(=CC[C@H]3[C@@H]4CC[C@H](C(C)/C=C/[C@@H](CC)C(C)C)[C@@]4(C)CC[C@@H]32)C1. The number of carbonyl (C=O) groups is 2. The number of nitrogens with zero attached hydrogens (tertiary/aromatic N) is 1. The molecule has 386 valence electrons. The number of phosphoric ester groups is 1. The normalized spacial score (nSPS) is 29.1. The van der Waals surface area contributed by atoms with E-state index in [1.807, 2.05) is 27.2 Å². The summed E-state index contributed by atoms with van der Waals surface area (Å²) >= 11 is 0. The van der Waals surface area contributed by atoms with Crippen molar-refractivity contribution in [3.05, 3.63) is 36.0 Å². The van der Waals surface area contributed by atoms with E-state index in [1.54, 1.807) is 6.08 Å². The summed E-state index contributed by atoms with van der Waals surface area (Å²) in [5.74, 6) is 3.95. The second-order valence-electron chi connectivity index (χ2n) is 23.4. The van der Waals surface area contributed by atoms with Crippen LogP contribution in [0.25, 0.3) is 0 Å². The molecule has 12 atom stereocenters. The molecule has 0 aromatic carbocycles. The van der Waals surface area contributed by atoms with Crippen LogP contribution < -0.4 is 5.32 Å². The Balaban J connectivity index is 1.26. The van der Waals surface area contributed by atoms with Crippen molar-refractivity contribution >= 4 is 19.7 Å². The van der Waals surface area contributed by atoms with Gasteiger partial charge >= 0.3 is 13.8 Å². The zero-order valence-electron chi connectivity index (χ0n) is 44.3. The topological polar surface area (TPSA) is 131 Å². The number of likely N-dealkylation sites (N-methyl/N-ethyl adjacent to an activating group) is 1. The van der Waals surface area contributed by atoms with E-state index in [9.17, 15) is 24.2 Å². The van der Waals surface area contributed by atoms with Gasteiger partial charge in [0.05, 0.1) is 46.3 Å². The summed E-state index contributed by atoms with van der Waals surface area (Å²) in [5, 5.41) is 13.9. The van der Waals surface area contributed by atoms with Gasteiger partial charge in [-0.15, -0.1) is 0 Å². The lowest BCUT2D eigenvalue weighted by atomic mass is 9.47. The number of nitrogens with one attached hydrogen (secondary N) is 1. The number of unbranched alkanes of at least 4 members (excludes halogenated alkanes) is 11. The van der Waals surface area contributed by atoms with Crippen molar-refractivity contribution in [3.8, 4) is 0 Å². The largest absolute Gasteiger partial charge is 0.472 e. The minimum Gasteiger partial charge on any atom is -0.462 e. The molecule has 4 rings (SSSR count). The van der Waals surface area contributed by atoms with E-state index >= 15 is 0 Å². The molecule has 0 bridgehead atoms. The number of allylic oxidation sites excluding steroid dienone is 4. The summed E-state index contributed by atoms with van der Waals surface area (Å²) in [6.07, 6.45) is 34.2. The van der Waals surface area contributed by atoms with Crippen molar-refractivity contribution in [2.75, 3.05) is 40.9 Å². The van der Waals surface area contributed by atoms with E-state index in [0.717, 1.165) is 56.8 Å². The minimum atomic E-state index is -4.45. The summed E-state index contributed by atoms with van der Waals surface area (Å²) in [7, 11) is 1.39. The van der Waals surface area contributed by atoms with Gasteiger partial charge in [0, 0.05) is 12.8 Å². The number of hydrogen-bond acceptors (Lipinski definition) is 7. The van der Waals surface area contributed by atoms with Crippen molar-refractivity contribution in [2.24, 2.45) is 52.3 Å². The van der Waals surface area contributed by atoms with Gasteiger partial charge in [-0.1, -0.05) is 149 Å². The zero-order valence-corrected chi connectivity index (χ0v) is 45.2. The van der Waals surface area contributed by atoms with E-state index in [-0.39, 0.29) is 31.0 Å². The van der Waals surface area contributed by atoms with Crippen LogP contribution in [0.2, 0.25) is 0 Å². The van der Waals surface area contributed by atoms with Crippen LogP contribution in [-0.4, -0.2) is 85.5 Å². The monoisotopic (exact) mass is 960 g/mol. The quantitative estimate of drug-likeness (QED) is 0.0206. The van der Waals surface area contributed by atoms with Gasteiger partial charge in [0.2, 0.25) is 5.91 Å². The smallest absolute Gasteiger partial charge is 0.462 e. The number of amides is 1. The lowest BCUT2D eigenvalue weighted by Gasteiger charge is -2.58. The van der Waals surface area contributed by atoms with Crippen molar-refractivity contribution < 1.29 is 42.4 Å². The lowest BCUT2D eigenvalue weighted by molar-refractivity contribution is -0.870. The zero-order chi connectivity index (χ0) is 49.3. The minimum absolute atomic E-state index is 0.00674. The molecule has 3 saturated carbocycles. The van der Waals surface area contributed by atoms with Gasteiger partial charge in [0.15, 0.2) is 0 Å². The van der Waals surface area contributed by atoms with Crippen LogP contribution in [0.15, 0.2) is 36.0 Å². The first-order valence-corrected chi connectivity index (χ1v) is 28.9. The number of aliphatic hydroxyl groups excluding tert-OH is 1. The number of esters is 1. The van der Waals surface area contributed by atoms with E-state index in [0.29, 0.717) is 46.0 Å². The molecule has 0 aliphatic heterocycles. The summed E-state index contributed by atoms with van der Waals surface area (Å²) < 4.78 is 29.8. The van der Waals surface area contributed by atoms with Crippen LogP contribution in [-0.2, 0) is 27.9 Å². The third-order valence-corrected chi connectivity index (χ3v) is 18.1. The van der Waals surface area contributed by atoms with E-state index in [4.69, 9.17) is 13.8 Å². The molecule has 10 nitrogen and oxygen atoms in total. The van der Waals surface area contributed by atoms with E-state index in [2.05, 4.69) is 72.0 Å². The standard InChI is InChI=1S/C56H99N2O8P/c1-11-13-14-15-16-17-18-19-20-21-22-23-24-25-52(59)51(41-65-67(62,63)64-39-38-58(8,9)10)57-53(60)32-33-54(61)66-46-34-36-55(6)45(40-46)28-29-47-49-31-30-48(56(49,7)37-35-50(47)55)43(5)26-27-44(12-2)42(3)4/h24-28,42-44,46-52,59H,11-23,29-41H2,1-10H3,(H-,57,60,62,63)/p+1/b25-24+,27-26+/t43?,44-,46+,47+,48-,49+,50+,51?,52?,55+,56-/m1/s1. The third-order valence-electron chi connectivity index (χ3n) is 17.1. The maximum absolute atomic E-state index is 13.3. The molecule has 4 aliphatic rings. The Kier molecular flexibility index (Phi) is 23.9. The fourth-order valence-electron chi connectivity index (χ4n) is 12.8. The molecule has 0 aromatic heterocycles. The number of quaternary nitrogens is 1. The van der Waals surface area contributed by atoms with Crippen LogP contribution in [0.4, 0.5) is 0 Å². The molecule has 1 amide bonds. The molecule has 4 aliphatic carbocycles. The molecule has 0 saturated heterocycles. The summed E-state index contributed by atoms with van der Waals surface area (Å²) in [6, 6.07) is -1.02. The first-order chi connectivity index (χ1) is 31.7. The number of ether oxygens (including phenoxy) is 1. The van der Waals surface area contributed by atoms with Crippen LogP contribution >= 0.6 is 7.82 Å². The maximum atomic E-state index is 13.3. The predicted molar refractivity (Wildman–Crippen MR) is 274 cm³/mol. The first-order valence-electron chi connectivity index (χ1n) is 27.4. The number of fused-ring (bicyclic) bond motifs is 5. The highest BCUT2D eigenvalue weighted by atomic mass is 31.2. The van der Waals surface area contributed by atoms with Gasteiger partial charge in [-0.3, -0.25) is 18.6 Å². The number of carbonyl (C=O) groups excluding carboxylic acids is 2. The predicted octanol–water partition coefficient (Wildman–Crippen LogP) is 13.1. The van der Waals surface area contributed by atoms with E-state index < -0.39 is 38.5 Å². The number of rotatable bonds is 31. The Morgan fingerprint density at radius 3 is 2.18 bits per heavy atom. The van der Waals surface area contributed by atoms with Gasteiger partial charge in [-0.2, -0.15) is 0 Å². The van der Waals surface area contributed by atoms with Crippen LogP contribution in [0.5, 0.6) is 0 Å². The Labute approximate surface area is 409 Å². The molecule has 67 heavy (non-hydrogen) atoms. The molecule has 11 heteroatoms. The molecule has 0 heterocycles. The molecule has 3 fully saturated rings. The van der Waals surface area contributed by atoms with Gasteiger partial charge in [-0.25, -0.2) is 4.57 Å². The van der Waals surface area contributed by atoms with Gasteiger partial charge in [0.1, 0.15) is 19.3 Å². The average Bonchev–Trinajstić information content (AvgIpc) is 3.63. The highest BCUT2D eigenvalue weighted by Gasteiger charge is 2.59. The molecule has 4 unspecified atom stereocenters. The number of aliphatic hydroxyl groups is 1. The molecule has 0 aromatic rings. The van der Waals surface area contributed by atoms with Crippen LogP contribution in [0.1, 0.15) is 196 Å². The van der Waals surface area contributed by atoms with Crippen molar-refractivity contribution in [2.45, 2.75) is 214 Å². The lowest BCUT2D eigenvalue weighted by Crippen LogP contribution is -2.51. The number of hydrogen-bond donors (Lipinski definition) is 3. The molecular formula is C56H100N2O8P+. The van der Waals surface area contributed by atoms with E-state index in [1.165, 1.54) is 95.5 Å². The maximum Gasteiger partial charge on any atom is 0.472 e. The average molecular weight is 960 g/mol. The molecule has 0 radical (unpaired) electrons. The van der Waals surface area contributed by atoms with Crippen molar-refractivity contribution in [1.82, 2.24) is 5.32 Å². The summed E-state index contributed by atoms with van der Waals surface area (Å²) in [4.78, 5) is 36.9. The fraction of sp³-hybridized carbons (Fsp3) is 0.857. The second-order valence-corrected chi connectivity index (χ2v) is 24.9. The Hall–Kier alpha value is -1.81. The first kappa shape index (κ1) is 57.8. The molecule has 3 N–H and O–H groups in total. The van der Waals surface area contributed by atoms with Crippen LogP contribution in [0, 0.1) is 52.3 Å². The van der Waals surface area contributed by atoms with Crippen molar-refractivity contribution in [3.63, 3.8) is 0 Å². The van der Waals surface area contributed by atoms with Crippen LogP contribution in [0.3, 0.4) is 0 Å². The number of phosphoric acid groups is 1. The highest BCUT2D eigenvalue weighted by Crippen LogP contribution is 2.67. The molecule has 0 spiro atoms.